The summed E-state index contributed by atoms with van der Waals surface area (Å²) in [5, 5.41) is 7.92. The van der Waals surface area contributed by atoms with Crippen LogP contribution in [-0.4, -0.2) is 14.8 Å². The van der Waals surface area contributed by atoms with E-state index < -0.39 is 0 Å². The molecule has 2 heterocycles. The Bertz CT molecular complexity index is 633. The maximum atomic E-state index is 6.37. The van der Waals surface area contributed by atoms with Gasteiger partial charge in [0.1, 0.15) is 0 Å². The molecular formula is C15H22N4S. The maximum absolute atomic E-state index is 6.37. The molecule has 1 aliphatic rings. The van der Waals surface area contributed by atoms with Gasteiger partial charge in [-0.05, 0) is 26.2 Å². The van der Waals surface area contributed by atoms with Crippen molar-refractivity contribution in [3.05, 3.63) is 28.0 Å². The van der Waals surface area contributed by atoms with Crippen molar-refractivity contribution in [2.24, 2.45) is 5.73 Å². The van der Waals surface area contributed by atoms with Gasteiger partial charge in [-0.25, -0.2) is 9.67 Å². The number of nitrogens with two attached hydrogens (primary N) is 1. The second-order valence-corrected chi connectivity index (χ2v) is 7.48. The zero-order valence-electron chi connectivity index (χ0n) is 12.6. The van der Waals surface area contributed by atoms with Gasteiger partial charge in [0.2, 0.25) is 5.13 Å². The lowest BCUT2D eigenvalue weighted by Gasteiger charge is -2.24. The smallest absolute Gasteiger partial charge is 0.210 e. The summed E-state index contributed by atoms with van der Waals surface area (Å²) in [5.41, 5.74) is 11.1. The van der Waals surface area contributed by atoms with Gasteiger partial charge in [-0.3, -0.25) is 0 Å². The van der Waals surface area contributed by atoms with Crippen LogP contribution >= 0.6 is 11.3 Å². The van der Waals surface area contributed by atoms with E-state index >= 15 is 0 Å². The molecule has 0 aromatic carbocycles. The first-order chi connectivity index (χ1) is 9.38. The SMILES string of the molecule is Cc1csc(-n2nc(C(C)(C)C)c3c2CCCC3N)n1. The molecule has 0 radical (unpaired) electrons. The molecule has 0 amide bonds. The minimum absolute atomic E-state index is 0.0105. The molecule has 0 saturated carbocycles. The summed E-state index contributed by atoms with van der Waals surface area (Å²) < 4.78 is 2.03. The van der Waals surface area contributed by atoms with Crippen LogP contribution in [-0.2, 0) is 11.8 Å². The van der Waals surface area contributed by atoms with Crippen molar-refractivity contribution >= 4 is 11.3 Å². The van der Waals surface area contributed by atoms with Gasteiger partial charge in [0.25, 0.3) is 0 Å². The van der Waals surface area contributed by atoms with Crippen molar-refractivity contribution in [2.75, 3.05) is 0 Å². The number of hydrogen-bond donors (Lipinski definition) is 1. The Morgan fingerprint density at radius 1 is 1.40 bits per heavy atom. The van der Waals surface area contributed by atoms with E-state index in [0.717, 1.165) is 35.8 Å². The lowest BCUT2D eigenvalue weighted by molar-refractivity contribution is 0.524. The summed E-state index contributed by atoms with van der Waals surface area (Å²) in [6, 6.07) is 0.114. The van der Waals surface area contributed by atoms with Crippen LogP contribution in [0.2, 0.25) is 0 Å². The molecule has 2 aromatic rings. The molecule has 1 aliphatic carbocycles. The van der Waals surface area contributed by atoms with Gasteiger partial charge in [-0.2, -0.15) is 5.10 Å². The first-order valence-corrected chi connectivity index (χ1v) is 8.06. The van der Waals surface area contributed by atoms with Crippen LogP contribution in [0.3, 0.4) is 0 Å². The second kappa shape index (κ2) is 4.67. The molecule has 20 heavy (non-hydrogen) atoms. The minimum Gasteiger partial charge on any atom is -0.324 e. The van der Waals surface area contributed by atoms with Crippen LogP contribution in [0, 0.1) is 6.92 Å². The molecule has 2 aromatic heterocycles. The molecule has 0 fully saturated rings. The number of hydrogen-bond acceptors (Lipinski definition) is 4. The molecule has 0 spiro atoms. The zero-order chi connectivity index (χ0) is 14.5. The molecule has 108 valence electrons. The van der Waals surface area contributed by atoms with E-state index in [4.69, 9.17) is 10.8 Å². The van der Waals surface area contributed by atoms with E-state index in [1.54, 1.807) is 11.3 Å². The Balaban J connectivity index is 2.22. The van der Waals surface area contributed by atoms with Crippen molar-refractivity contribution < 1.29 is 0 Å². The summed E-state index contributed by atoms with van der Waals surface area (Å²) in [6.07, 6.45) is 3.23. The minimum atomic E-state index is 0.0105. The van der Waals surface area contributed by atoms with Crippen LogP contribution < -0.4 is 5.73 Å². The maximum Gasteiger partial charge on any atom is 0.210 e. The van der Waals surface area contributed by atoms with E-state index in [9.17, 15) is 0 Å². The second-order valence-electron chi connectivity index (χ2n) is 6.64. The summed E-state index contributed by atoms with van der Waals surface area (Å²) in [6.45, 7) is 8.63. The first-order valence-electron chi connectivity index (χ1n) is 7.18. The van der Waals surface area contributed by atoms with Gasteiger partial charge in [-0.15, -0.1) is 11.3 Å². The summed E-state index contributed by atoms with van der Waals surface area (Å²) in [7, 11) is 0. The summed E-state index contributed by atoms with van der Waals surface area (Å²) in [5.74, 6) is 0. The van der Waals surface area contributed by atoms with Gasteiger partial charge < -0.3 is 5.73 Å². The molecule has 4 nitrogen and oxygen atoms in total. The number of nitrogens with zero attached hydrogens (tertiary/aromatic N) is 3. The summed E-state index contributed by atoms with van der Waals surface area (Å²) >= 11 is 1.65. The third-order valence-corrected chi connectivity index (χ3v) is 4.75. The van der Waals surface area contributed by atoms with Crippen LogP contribution in [0.5, 0.6) is 0 Å². The number of thiazole rings is 1. The van der Waals surface area contributed by atoms with Crippen molar-refractivity contribution in [2.45, 2.75) is 58.4 Å². The highest BCUT2D eigenvalue weighted by atomic mass is 32.1. The third kappa shape index (κ3) is 2.19. The van der Waals surface area contributed by atoms with Gasteiger partial charge in [0.05, 0.1) is 17.1 Å². The molecule has 1 unspecified atom stereocenters. The molecule has 0 saturated heterocycles. The van der Waals surface area contributed by atoms with E-state index in [1.165, 1.54) is 11.3 Å². The fraction of sp³-hybridized carbons (Fsp3) is 0.600. The number of rotatable bonds is 1. The molecule has 5 heteroatoms. The lowest BCUT2D eigenvalue weighted by Crippen LogP contribution is -2.22. The molecule has 0 bridgehead atoms. The standard InChI is InChI=1S/C15H22N4S/c1-9-8-20-14(17-9)19-11-7-5-6-10(16)12(11)13(18-19)15(2,3)4/h8,10H,5-7,16H2,1-4H3. The Hall–Kier alpha value is -1.20. The van der Waals surface area contributed by atoms with E-state index in [2.05, 4.69) is 31.1 Å². The van der Waals surface area contributed by atoms with Crippen molar-refractivity contribution in [1.82, 2.24) is 14.8 Å². The van der Waals surface area contributed by atoms with Gasteiger partial charge in [-0.1, -0.05) is 20.8 Å². The third-order valence-electron chi connectivity index (χ3n) is 3.82. The van der Waals surface area contributed by atoms with Gasteiger partial charge in [0, 0.05) is 22.4 Å². The molecule has 2 N–H and O–H groups in total. The average Bonchev–Trinajstić information content (AvgIpc) is 2.92. The first kappa shape index (κ1) is 13.8. The highest BCUT2D eigenvalue weighted by molar-refractivity contribution is 7.12. The highest BCUT2D eigenvalue weighted by Gasteiger charge is 2.32. The van der Waals surface area contributed by atoms with E-state index in [0.29, 0.717) is 0 Å². The average molecular weight is 290 g/mol. The Morgan fingerprint density at radius 3 is 2.75 bits per heavy atom. The molecular weight excluding hydrogens is 268 g/mol. The topological polar surface area (TPSA) is 56.7 Å². The Morgan fingerprint density at radius 2 is 2.15 bits per heavy atom. The van der Waals surface area contributed by atoms with E-state index in [1.807, 2.05) is 11.6 Å². The van der Waals surface area contributed by atoms with Crippen molar-refractivity contribution in [1.29, 1.82) is 0 Å². The van der Waals surface area contributed by atoms with E-state index in [-0.39, 0.29) is 11.5 Å². The quantitative estimate of drug-likeness (QED) is 0.877. The Kier molecular flexibility index (Phi) is 3.21. The van der Waals surface area contributed by atoms with Crippen molar-refractivity contribution in [3.63, 3.8) is 0 Å². The summed E-state index contributed by atoms with van der Waals surface area (Å²) in [4.78, 5) is 4.59. The largest absolute Gasteiger partial charge is 0.324 e. The monoisotopic (exact) mass is 290 g/mol. The predicted octanol–water partition coefficient (Wildman–Crippen LogP) is 3.27. The number of fused-ring (bicyclic) bond motifs is 1. The van der Waals surface area contributed by atoms with Crippen molar-refractivity contribution in [3.8, 4) is 5.13 Å². The predicted molar refractivity (Wildman–Crippen MR) is 82.5 cm³/mol. The lowest BCUT2D eigenvalue weighted by atomic mass is 9.82. The molecule has 1 atom stereocenters. The zero-order valence-corrected chi connectivity index (χ0v) is 13.4. The van der Waals surface area contributed by atoms with Gasteiger partial charge >= 0.3 is 0 Å². The molecule has 3 rings (SSSR count). The van der Waals surface area contributed by atoms with Crippen LogP contribution in [0.4, 0.5) is 0 Å². The number of aryl methyl sites for hydroxylation is 1. The number of aromatic nitrogens is 3. The normalized spacial score (nSPS) is 19.1. The fourth-order valence-corrected chi connectivity index (χ4v) is 3.66. The van der Waals surface area contributed by atoms with Crippen LogP contribution in [0.25, 0.3) is 5.13 Å². The van der Waals surface area contributed by atoms with Crippen LogP contribution in [0.15, 0.2) is 5.38 Å². The molecule has 0 aliphatic heterocycles. The van der Waals surface area contributed by atoms with Crippen LogP contribution in [0.1, 0.15) is 62.3 Å². The fourth-order valence-electron chi connectivity index (χ4n) is 2.88. The van der Waals surface area contributed by atoms with Gasteiger partial charge in [0.15, 0.2) is 0 Å². The Labute approximate surface area is 124 Å². The highest BCUT2D eigenvalue weighted by Crippen LogP contribution is 2.37.